The fourth-order valence-corrected chi connectivity index (χ4v) is 1.54. The topological polar surface area (TPSA) is 53.9 Å². The molecule has 5 heteroatoms. The molecule has 5 nitrogen and oxygen atoms in total. The number of nitrogens with one attached hydrogen (secondary N) is 1. The SMILES string of the molecule is C=CCNc1cnnc(N(CCC)CCC)n1. The molecule has 0 aliphatic rings. The van der Waals surface area contributed by atoms with E-state index in [0.29, 0.717) is 12.5 Å². The highest BCUT2D eigenvalue weighted by molar-refractivity contribution is 5.39. The monoisotopic (exact) mass is 235 g/mol. The van der Waals surface area contributed by atoms with Crippen molar-refractivity contribution in [3.63, 3.8) is 0 Å². The molecule has 1 heterocycles. The molecule has 0 unspecified atom stereocenters. The molecule has 0 radical (unpaired) electrons. The summed E-state index contributed by atoms with van der Waals surface area (Å²) in [4.78, 5) is 6.60. The third-order valence-electron chi connectivity index (χ3n) is 2.25. The van der Waals surface area contributed by atoms with Crippen molar-refractivity contribution in [1.29, 1.82) is 0 Å². The van der Waals surface area contributed by atoms with Gasteiger partial charge in [-0.1, -0.05) is 19.9 Å². The number of anilines is 2. The normalized spacial score (nSPS) is 10.0. The molecule has 0 saturated carbocycles. The van der Waals surface area contributed by atoms with E-state index < -0.39 is 0 Å². The molecule has 0 amide bonds. The summed E-state index contributed by atoms with van der Waals surface area (Å²) in [7, 11) is 0. The summed E-state index contributed by atoms with van der Waals surface area (Å²) in [5, 5.41) is 11.2. The summed E-state index contributed by atoms with van der Waals surface area (Å²) >= 11 is 0. The molecule has 0 bridgehead atoms. The van der Waals surface area contributed by atoms with E-state index in [1.165, 1.54) is 0 Å². The Morgan fingerprint density at radius 2 is 2.06 bits per heavy atom. The van der Waals surface area contributed by atoms with Crippen molar-refractivity contribution >= 4 is 11.8 Å². The van der Waals surface area contributed by atoms with Crippen molar-refractivity contribution in [3.05, 3.63) is 18.9 Å². The summed E-state index contributed by atoms with van der Waals surface area (Å²) < 4.78 is 0. The van der Waals surface area contributed by atoms with Crippen molar-refractivity contribution in [2.24, 2.45) is 0 Å². The zero-order chi connectivity index (χ0) is 12.5. The van der Waals surface area contributed by atoms with E-state index in [4.69, 9.17) is 0 Å². The van der Waals surface area contributed by atoms with Gasteiger partial charge in [0, 0.05) is 19.6 Å². The van der Waals surface area contributed by atoms with Gasteiger partial charge in [-0.05, 0) is 12.8 Å². The molecular formula is C12H21N5. The van der Waals surface area contributed by atoms with E-state index in [9.17, 15) is 0 Å². The molecule has 0 atom stereocenters. The largest absolute Gasteiger partial charge is 0.365 e. The minimum atomic E-state index is 0.680. The van der Waals surface area contributed by atoms with Gasteiger partial charge in [0.1, 0.15) is 0 Å². The first-order chi connectivity index (χ1) is 8.31. The van der Waals surface area contributed by atoms with Crippen LogP contribution in [-0.4, -0.2) is 34.8 Å². The van der Waals surface area contributed by atoms with Gasteiger partial charge in [-0.25, -0.2) is 0 Å². The molecule has 1 rings (SSSR count). The first-order valence-corrected chi connectivity index (χ1v) is 6.11. The van der Waals surface area contributed by atoms with E-state index in [1.54, 1.807) is 12.3 Å². The molecule has 17 heavy (non-hydrogen) atoms. The van der Waals surface area contributed by atoms with Gasteiger partial charge >= 0.3 is 0 Å². The highest BCUT2D eigenvalue weighted by atomic mass is 15.3. The average Bonchev–Trinajstić information content (AvgIpc) is 2.36. The van der Waals surface area contributed by atoms with Gasteiger partial charge in [-0.3, -0.25) is 0 Å². The fourth-order valence-electron chi connectivity index (χ4n) is 1.54. The highest BCUT2D eigenvalue weighted by Crippen LogP contribution is 2.10. The number of hydrogen-bond donors (Lipinski definition) is 1. The Hall–Kier alpha value is -1.65. The van der Waals surface area contributed by atoms with Crippen LogP contribution in [0, 0.1) is 0 Å². The van der Waals surface area contributed by atoms with Gasteiger partial charge in [0.15, 0.2) is 5.82 Å². The van der Waals surface area contributed by atoms with Gasteiger partial charge in [0.05, 0.1) is 6.20 Å². The predicted octanol–water partition coefficient (Wildman–Crippen LogP) is 2.10. The zero-order valence-corrected chi connectivity index (χ0v) is 10.7. The van der Waals surface area contributed by atoms with E-state index in [0.717, 1.165) is 31.7 Å². The number of aromatic nitrogens is 3. The van der Waals surface area contributed by atoms with E-state index in [1.807, 2.05) is 0 Å². The molecule has 0 fully saturated rings. The molecule has 1 N–H and O–H groups in total. The molecule has 1 aromatic rings. The van der Waals surface area contributed by atoms with Gasteiger partial charge in [-0.2, -0.15) is 10.1 Å². The highest BCUT2D eigenvalue weighted by Gasteiger charge is 2.08. The lowest BCUT2D eigenvalue weighted by atomic mass is 10.4. The van der Waals surface area contributed by atoms with Crippen molar-refractivity contribution in [2.75, 3.05) is 29.9 Å². The lowest BCUT2D eigenvalue weighted by Gasteiger charge is -2.20. The Labute approximate surface area is 103 Å². The second-order valence-electron chi connectivity index (χ2n) is 3.80. The smallest absolute Gasteiger partial charge is 0.247 e. The molecule has 0 spiro atoms. The quantitative estimate of drug-likeness (QED) is 0.699. The molecular weight excluding hydrogens is 214 g/mol. The van der Waals surface area contributed by atoms with Crippen LogP contribution in [0.1, 0.15) is 26.7 Å². The number of hydrogen-bond acceptors (Lipinski definition) is 5. The van der Waals surface area contributed by atoms with E-state index in [-0.39, 0.29) is 0 Å². The molecule has 94 valence electrons. The Morgan fingerprint density at radius 1 is 1.35 bits per heavy atom. The van der Waals surface area contributed by atoms with E-state index >= 15 is 0 Å². The summed E-state index contributed by atoms with van der Waals surface area (Å²) in [5.41, 5.74) is 0. The Balaban J connectivity index is 2.75. The van der Waals surface area contributed by atoms with Crippen molar-refractivity contribution in [2.45, 2.75) is 26.7 Å². The van der Waals surface area contributed by atoms with Crippen LogP contribution >= 0.6 is 0 Å². The van der Waals surface area contributed by atoms with Gasteiger partial charge in [0.25, 0.3) is 0 Å². The first kappa shape index (κ1) is 13.4. The average molecular weight is 235 g/mol. The maximum atomic E-state index is 4.44. The second kappa shape index (κ2) is 7.60. The maximum Gasteiger partial charge on any atom is 0.247 e. The molecule has 0 aliphatic carbocycles. The van der Waals surface area contributed by atoms with Crippen molar-refractivity contribution in [3.8, 4) is 0 Å². The van der Waals surface area contributed by atoms with Crippen LogP contribution in [0.2, 0.25) is 0 Å². The standard InChI is InChI=1S/C12H21N5/c1-4-7-13-11-10-14-16-12(15-11)17(8-5-2)9-6-3/h4,10H,1,5-9H2,2-3H3,(H,13,15,16). The molecule has 0 aromatic carbocycles. The van der Waals surface area contributed by atoms with Crippen LogP contribution < -0.4 is 10.2 Å². The van der Waals surface area contributed by atoms with Crippen LogP contribution in [0.4, 0.5) is 11.8 Å². The first-order valence-electron chi connectivity index (χ1n) is 6.11. The zero-order valence-electron chi connectivity index (χ0n) is 10.7. The summed E-state index contributed by atoms with van der Waals surface area (Å²) in [6.07, 6.45) is 5.57. The summed E-state index contributed by atoms with van der Waals surface area (Å²) in [6, 6.07) is 0. The lowest BCUT2D eigenvalue weighted by molar-refractivity contribution is 0.710. The molecule has 0 saturated heterocycles. The van der Waals surface area contributed by atoms with Gasteiger partial charge in [0.2, 0.25) is 5.95 Å². The lowest BCUT2D eigenvalue weighted by Crippen LogP contribution is -2.27. The number of nitrogens with zero attached hydrogens (tertiary/aromatic N) is 4. The maximum absolute atomic E-state index is 4.44. The van der Waals surface area contributed by atoms with Gasteiger partial charge < -0.3 is 10.2 Å². The van der Waals surface area contributed by atoms with Crippen molar-refractivity contribution in [1.82, 2.24) is 15.2 Å². The molecule has 1 aromatic heterocycles. The van der Waals surface area contributed by atoms with Crippen LogP contribution in [-0.2, 0) is 0 Å². The van der Waals surface area contributed by atoms with Crippen LogP contribution in [0.15, 0.2) is 18.9 Å². The fraction of sp³-hybridized carbons (Fsp3) is 0.583. The van der Waals surface area contributed by atoms with Crippen LogP contribution in [0.25, 0.3) is 0 Å². The van der Waals surface area contributed by atoms with Crippen molar-refractivity contribution < 1.29 is 0 Å². The second-order valence-corrected chi connectivity index (χ2v) is 3.80. The van der Waals surface area contributed by atoms with Gasteiger partial charge in [-0.15, -0.1) is 11.7 Å². The van der Waals surface area contributed by atoms with E-state index in [2.05, 4.69) is 45.8 Å². The number of rotatable bonds is 8. The predicted molar refractivity (Wildman–Crippen MR) is 71.3 cm³/mol. The summed E-state index contributed by atoms with van der Waals surface area (Å²) in [6.45, 7) is 10.6. The third-order valence-corrected chi connectivity index (χ3v) is 2.25. The molecule has 0 aliphatic heterocycles. The van der Waals surface area contributed by atoms with Crippen LogP contribution in [0.5, 0.6) is 0 Å². The van der Waals surface area contributed by atoms with Crippen LogP contribution in [0.3, 0.4) is 0 Å². The minimum absolute atomic E-state index is 0.680. The Bertz CT molecular complexity index is 333. The summed E-state index contributed by atoms with van der Waals surface area (Å²) in [5.74, 6) is 1.44. The Morgan fingerprint density at radius 3 is 2.65 bits per heavy atom. The Kier molecular flexibility index (Phi) is 5.99. The minimum Gasteiger partial charge on any atom is -0.365 e. The third kappa shape index (κ3) is 4.38.